The maximum Gasteiger partial charge on any atom is 0.323 e. The standard InChI is InChI=1S/C10H20N2O3/c1-4-10(5-2,9(14)15)12-6-7(3)8(11)13/h7,12H,4-6H2,1-3H3,(H2,11,13)(H,14,15). The third-order valence-electron chi connectivity index (χ3n) is 2.85. The fourth-order valence-corrected chi connectivity index (χ4v) is 1.33. The fraction of sp³-hybridized carbons (Fsp3) is 0.800. The molecule has 1 atom stereocenters. The second-order valence-electron chi connectivity index (χ2n) is 3.78. The summed E-state index contributed by atoms with van der Waals surface area (Å²) in [6.07, 6.45) is 0.953. The zero-order chi connectivity index (χ0) is 12.1. The molecule has 4 N–H and O–H groups in total. The number of hydrogen-bond acceptors (Lipinski definition) is 3. The Balaban J connectivity index is 4.43. The zero-order valence-corrected chi connectivity index (χ0v) is 9.54. The first-order valence-electron chi connectivity index (χ1n) is 5.17. The monoisotopic (exact) mass is 216 g/mol. The first-order valence-corrected chi connectivity index (χ1v) is 5.17. The van der Waals surface area contributed by atoms with Crippen LogP contribution >= 0.6 is 0 Å². The number of carbonyl (C=O) groups is 2. The summed E-state index contributed by atoms with van der Waals surface area (Å²) in [6.45, 7) is 5.58. The van der Waals surface area contributed by atoms with Crippen molar-refractivity contribution in [2.24, 2.45) is 11.7 Å². The van der Waals surface area contributed by atoms with E-state index in [0.29, 0.717) is 19.4 Å². The minimum atomic E-state index is -0.941. The number of rotatable bonds is 7. The highest BCUT2D eigenvalue weighted by Gasteiger charge is 2.34. The molecule has 0 aromatic heterocycles. The van der Waals surface area contributed by atoms with Gasteiger partial charge in [-0.3, -0.25) is 9.59 Å². The minimum Gasteiger partial charge on any atom is -0.480 e. The number of aliphatic carboxylic acids is 1. The van der Waals surface area contributed by atoms with Crippen molar-refractivity contribution in [3.05, 3.63) is 0 Å². The summed E-state index contributed by atoms with van der Waals surface area (Å²) in [4.78, 5) is 21.9. The van der Waals surface area contributed by atoms with E-state index in [4.69, 9.17) is 10.8 Å². The van der Waals surface area contributed by atoms with Gasteiger partial charge in [0.05, 0.1) is 0 Å². The number of nitrogens with one attached hydrogen (secondary N) is 1. The van der Waals surface area contributed by atoms with Crippen LogP contribution in [-0.2, 0) is 9.59 Å². The fourth-order valence-electron chi connectivity index (χ4n) is 1.33. The van der Waals surface area contributed by atoms with Crippen molar-refractivity contribution in [2.45, 2.75) is 39.2 Å². The zero-order valence-electron chi connectivity index (χ0n) is 9.54. The summed E-state index contributed by atoms with van der Waals surface area (Å²) in [5.41, 5.74) is 4.16. The number of nitrogens with two attached hydrogens (primary N) is 1. The molecule has 0 aromatic rings. The number of hydrogen-bond donors (Lipinski definition) is 3. The molecule has 0 radical (unpaired) electrons. The highest BCUT2D eigenvalue weighted by atomic mass is 16.4. The molecule has 1 amide bonds. The molecule has 0 fully saturated rings. The number of carbonyl (C=O) groups excluding carboxylic acids is 1. The Bertz CT molecular complexity index is 237. The highest BCUT2D eigenvalue weighted by Crippen LogP contribution is 2.15. The average Bonchev–Trinajstić information content (AvgIpc) is 2.19. The Labute approximate surface area is 90.0 Å². The number of carboxylic acids is 1. The van der Waals surface area contributed by atoms with Gasteiger partial charge in [0.1, 0.15) is 5.54 Å². The number of amides is 1. The molecular formula is C10H20N2O3. The molecule has 0 aliphatic heterocycles. The van der Waals surface area contributed by atoms with E-state index in [9.17, 15) is 9.59 Å². The summed E-state index contributed by atoms with van der Waals surface area (Å²) in [7, 11) is 0. The van der Waals surface area contributed by atoms with Crippen LogP contribution in [0.5, 0.6) is 0 Å². The maximum absolute atomic E-state index is 11.1. The smallest absolute Gasteiger partial charge is 0.323 e. The van der Waals surface area contributed by atoms with E-state index < -0.39 is 17.4 Å². The summed E-state index contributed by atoms with van der Waals surface area (Å²) in [6, 6.07) is 0. The molecule has 0 aliphatic rings. The Kier molecular flexibility index (Phi) is 5.28. The molecular weight excluding hydrogens is 196 g/mol. The topological polar surface area (TPSA) is 92.4 Å². The lowest BCUT2D eigenvalue weighted by Gasteiger charge is -2.29. The second kappa shape index (κ2) is 5.70. The molecule has 0 saturated carbocycles. The highest BCUT2D eigenvalue weighted by molar-refractivity contribution is 5.79. The van der Waals surface area contributed by atoms with Gasteiger partial charge in [0, 0.05) is 12.5 Å². The quantitative estimate of drug-likeness (QED) is 0.572. The predicted octanol–water partition coefficient (Wildman–Crippen LogP) is 0.341. The van der Waals surface area contributed by atoms with Crippen LogP contribution in [0.3, 0.4) is 0 Å². The SMILES string of the molecule is CCC(CC)(NCC(C)C(N)=O)C(=O)O. The van der Waals surface area contributed by atoms with Gasteiger partial charge in [-0.1, -0.05) is 20.8 Å². The van der Waals surface area contributed by atoms with Crippen molar-refractivity contribution in [2.75, 3.05) is 6.54 Å². The molecule has 0 saturated heterocycles. The van der Waals surface area contributed by atoms with Crippen molar-refractivity contribution in [1.82, 2.24) is 5.32 Å². The number of carboxylic acid groups (broad SMARTS) is 1. The summed E-state index contributed by atoms with van der Waals surface area (Å²) in [5.74, 6) is -1.67. The molecule has 1 unspecified atom stereocenters. The third kappa shape index (κ3) is 3.51. The molecule has 5 nitrogen and oxygen atoms in total. The van der Waals surface area contributed by atoms with E-state index in [1.165, 1.54) is 0 Å². The van der Waals surface area contributed by atoms with Crippen LogP contribution in [0.1, 0.15) is 33.6 Å². The Hall–Kier alpha value is -1.10. The van der Waals surface area contributed by atoms with Crippen molar-refractivity contribution in [3.8, 4) is 0 Å². The van der Waals surface area contributed by atoms with Crippen LogP contribution in [0, 0.1) is 5.92 Å². The van der Waals surface area contributed by atoms with Gasteiger partial charge in [-0.2, -0.15) is 0 Å². The molecule has 0 aromatic carbocycles. The molecule has 0 aliphatic carbocycles. The van der Waals surface area contributed by atoms with E-state index in [-0.39, 0.29) is 5.92 Å². The molecule has 0 rings (SSSR count). The van der Waals surface area contributed by atoms with Crippen molar-refractivity contribution < 1.29 is 14.7 Å². The van der Waals surface area contributed by atoms with E-state index in [2.05, 4.69) is 5.32 Å². The van der Waals surface area contributed by atoms with Gasteiger partial charge in [-0.25, -0.2) is 0 Å². The van der Waals surface area contributed by atoms with Crippen LogP contribution in [0.2, 0.25) is 0 Å². The lowest BCUT2D eigenvalue weighted by atomic mass is 9.92. The van der Waals surface area contributed by atoms with E-state index in [0.717, 1.165) is 0 Å². The lowest BCUT2D eigenvalue weighted by molar-refractivity contribution is -0.145. The Morgan fingerprint density at radius 1 is 1.40 bits per heavy atom. The summed E-state index contributed by atoms with van der Waals surface area (Å²) in [5, 5.41) is 12.0. The van der Waals surface area contributed by atoms with Gasteiger partial charge >= 0.3 is 5.97 Å². The Morgan fingerprint density at radius 2 is 1.87 bits per heavy atom. The van der Waals surface area contributed by atoms with Gasteiger partial charge in [0.25, 0.3) is 0 Å². The molecule has 88 valence electrons. The molecule has 0 heterocycles. The first kappa shape index (κ1) is 13.9. The van der Waals surface area contributed by atoms with Gasteiger partial charge in [0.2, 0.25) is 5.91 Å². The second-order valence-corrected chi connectivity index (χ2v) is 3.78. The molecule has 5 heteroatoms. The molecule has 15 heavy (non-hydrogen) atoms. The normalized spacial score (nSPS) is 13.5. The maximum atomic E-state index is 11.1. The van der Waals surface area contributed by atoms with Crippen LogP contribution in [0.25, 0.3) is 0 Å². The van der Waals surface area contributed by atoms with E-state index in [1.807, 2.05) is 0 Å². The summed E-state index contributed by atoms with van der Waals surface area (Å²) >= 11 is 0. The molecule has 0 bridgehead atoms. The van der Waals surface area contributed by atoms with Crippen LogP contribution in [-0.4, -0.2) is 29.1 Å². The van der Waals surface area contributed by atoms with Crippen molar-refractivity contribution in [3.63, 3.8) is 0 Å². The van der Waals surface area contributed by atoms with E-state index in [1.54, 1.807) is 20.8 Å². The van der Waals surface area contributed by atoms with Gasteiger partial charge in [-0.05, 0) is 12.8 Å². The first-order chi connectivity index (χ1) is 6.89. The lowest BCUT2D eigenvalue weighted by Crippen LogP contribution is -2.53. The van der Waals surface area contributed by atoms with Gasteiger partial charge < -0.3 is 16.2 Å². The summed E-state index contributed by atoms with van der Waals surface area (Å²) < 4.78 is 0. The van der Waals surface area contributed by atoms with Crippen molar-refractivity contribution in [1.29, 1.82) is 0 Å². The minimum absolute atomic E-state index is 0.295. The largest absolute Gasteiger partial charge is 0.480 e. The third-order valence-corrected chi connectivity index (χ3v) is 2.85. The van der Waals surface area contributed by atoms with Crippen LogP contribution in [0.4, 0.5) is 0 Å². The van der Waals surface area contributed by atoms with Crippen LogP contribution in [0.15, 0.2) is 0 Å². The number of primary amides is 1. The van der Waals surface area contributed by atoms with Gasteiger partial charge in [0.15, 0.2) is 0 Å². The van der Waals surface area contributed by atoms with Crippen molar-refractivity contribution >= 4 is 11.9 Å². The Morgan fingerprint density at radius 3 is 2.13 bits per heavy atom. The van der Waals surface area contributed by atoms with Crippen LogP contribution < -0.4 is 11.1 Å². The van der Waals surface area contributed by atoms with E-state index >= 15 is 0 Å². The average molecular weight is 216 g/mol. The molecule has 0 spiro atoms. The van der Waals surface area contributed by atoms with Gasteiger partial charge in [-0.15, -0.1) is 0 Å². The predicted molar refractivity (Wildman–Crippen MR) is 57.3 cm³/mol.